The quantitative estimate of drug-likeness (QED) is 0.848. The highest BCUT2D eigenvalue weighted by Crippen LogP contribution is 2.24. The molecule has 25 heavy (non-hydrogen) atoms. The molecule has 130 valence electrons. The average Bonchev–Trinajstić information content (AvgIpc) is 3.15. The Bertz CT molecular complexity index is 707. The molecule has 0 radical (unpaired) electrons. The number of carbonyl (C=O) groups excluding carboxylic acids is 2. The van der Waals surface area contributed by atoms with Crippen LogP contribution in [0.15, 0.2) is 54.6 Å². The van der Waals surface area contributed by atoms with Crippen molar-refractivity contribution in [1.29, 1.82) is 0 Å². The van der Waals surface area contributed by atoms with Crippen molar-refractivity contribution < 1.29 is 14.3 Å². The lowest BCUT2D eigenvalue weighted by molar-refractivity contribution is -0.115. The summed E-state index contributed by atoms with van der Waals surface area (Å²) in [5.41, 5.74) is 1.21. The number of ether oxygens (including phenoxy) is 1. The Balaban J connectivity index is 1.45. The van der Waals surface area contributed by atoms with E-state index in [0.29, 0.717) is 17.4 Å². The molecule has 2 N–H and O–H groups in total. The van der Waals surface area contributed by atoms with Crippen LogP contribution < -0.4 is 15.4 Å². The van der Waals surface area contributed by atoms with Gasteiger partial charge in [0.25, 0.3) is 5.91 Å². The van der Waals surface area contributed by atoms with Crippen molar-refractivity contribution in [2.75, 3.05) is 11.9 Å². The van der Waals surface area contributed by atoms with Crippen LogP contribution in [0.1, 0.15) is 36.0 Å². The molecule has 0 aliphatic heterocycles. The maximum absolute atomic E-state index is 12.0. The van der Waals surface area contributed by atoms with Crippen LogP contribution in [0.2, 0.25) is 0 Å². The third-order valence-corrected chi connectivity index (χ3v) is 4.19. The molecule has 0 unspecified atom stereocenters. The van der Waals surface area contributed by atoms with Gasteiger partial charge < -0.3 is 15.4 Å². The Kier molecular flexibility index (Phi) is 5.67. The van der Waals surface area contributed by atoms with Crippen LogP contribution in [0.25, 0.3) is 0 Å². The molecule has 1 saturated carbocycles. The molecule has 2 aromatic carbocycles. The summed E-state index contributed by atoms with van der Waals surface area (Å²) in [4.78, 5) is 23.9. The summed E-state index contributed by atoms with van der Waals surface area (Å²) in [7, 11) is 0. The smallest absolute Gasteiger partial charge is 0.251 e. The molecule has 2 amide bonds. The van der Waals surface area contributed by atoms with Gasteiger partial charge in [0.05, 0.1) is 12.6 Å². The zero-order chi connectivity index (χ0) is 17.5. The van der Waals surface area contributed by atoms with Crippen LogP contribution in [0.5, 0.6) is 5.75 Å². The molecule has 5 heteroatoms. The molecule has 0 heterocycles. The van der Waals surface area contributed by atoms with E-state index >= 15 is 0 Å². The van der Waals surface area contributed by atoms with Gasteiger partial charge in [0.1, 0.15) is 5.75 Å². The van der Waals surface area contributed by atoms with Gasteiger partial charge in [0, 0.05) is 11.3 Å². The van der Waals surface area contributed by atoms with Crippen LogP contribution in [-0.4, -0.2) is 24.5 Å². The zero-order valence-electron chi connectivity index (χ0n) is 14.0. The molecule has 3 rings (SSSR count). The second-order valence-electron chi connectivity index (χ2n) is 6.15. The van der Waals surface area contributed by atoms with Gasteiger partial charge in [0.15, 0.2) is 0 Å². The third-order valence-electron chi connectivity index (χ3n) is 4.19. The number of nitrogens with one attached hydrogen (secondary N) is 2. The lowest BCUT2D eigenvalue weighted by atomic mass is 10.2. The van der Waals surface area contributed by atoms with Crippen molar-refractivity contribution in [1.82, 2.24) is 5.32 Å². The van der Waals surface area contributed by atoms with Gasteiger partial charge in [-0.05, 0) is 62.1 Å². The topological polar surface area (TPSA) is 67.4 Å². The molecule has 1 aliphatic carbocycles. The molecular weight excluding hydrogens is 316 g/mol. The van der Waals surface area contributed by atoms with E-state index in [4.69, 9.17) is 4.74 Å². The highest BCUT2D eigenvalue weighted by atomic mass is 16.5. The number of amides is 2. The van der Waals surface area contributed by atoms with Crippen molar-refractivity contribution in [3.05, 3.63) is 60.2 Å². The van der Waals surface area contributed by atoms with E-state index in [1.165, 1.54) is 12.8 Å². The van der Waals surface area contributed by atoms with Crippen molar-refractivity contribution in [3.63, 3.8) is 0 Å². The van der Waals surface area contributed by atoms with Gasteiger partial charge in [-0.15, -0.1) is 0 Å². The van der Waals surface area contributed by atoms with Crippen LogP contribution in [-0.2, 0) is 4.79 Å². The highest BCUT2D eigenvalue weighted by Gasteiger charge is 2.16. The van der Waals surface area contributed by atoms with Crippen molar-refractivity contribution in [2.45, 2.75) is 31.8 Å². The largest absolute Gasteiger partial charge is 0.490 e. The fraction of sp³-hybridized carbons (Fsp3) is 0.300. The molecule has 0 aromatic heterocycles. The number of carbonyl (C=O) groups is 2. The predicted octanol–water partition coefficient (Wildman–Crippen LogP) is 3.38. The van der Waals surface area contributed by atoms with Crippen LogP contribution in [0, 0.1) is 0 Å². The summed E-state index contributed by atoms with van der Waals surface area (Å²) in [5.74, 6) is 0.284. The summed E-state index contributed by atoms with van der Waals surface area (Å²) >= 11 is 0. The minimum absolute atomic E-state index is 0.0753. The van der Waals surface area contributed by atoms with Crippen molar-refractivity contribution in [3.8, 4) is 5.75 Å². The van der Waals surface area contributed by atoms with Gasteiger partial charge in [-0.1, -0.05) is 18.2 Å². The van der Waals surface area contributed by atoms with Crippen molar-refractivity contribution >= 4 is 17.5 Å². The van der Waals surface area contributed by atoms with Crippen molar-refractivity contribution in [2.24, 2.45) is 0 Å². The Morgan fingerprint density at radius 2 is 1.64 bits per heavy atom. The summed E-state index contributed by atoms with van der Waals surface area (Å²) in [5, 5.41) is 5.36. The van der Waals surface area contributed by atoms with Gasteiger partial charge >= 0.3 is 0 Å². The SMILES string of the molecule is O=C(CNC(=O)c1ccccc1)Nc1ccc(OC2CCCC2)cc1. The highest BCUT2D eigenvalue weighted by molar-refractivity contribution is 5.99. The monoisotopic (exact) mass is 338 g/mol. The number of benzene rings is 2. The van der Waals surface area contributed by atoms with Crippen LogP contribution in [0.4, 0.5) is 5.69 Å². The zero-order valence-corrected chi connectivity index (χ0v) is 14.0. The molecule has 1 aliphatic rings. The Morgan fingerprint density at radius 1 is 0.960 bits per heavy atom. The molecule has 2 aromatic rings. The van der Waals surface area contributed by atoms with E-state index < -0.39 is 0 Å². The summed E-state index contributed by atoms with van der Waals surface area (Å²) in [6.45, 7) is -0.0753. The van der Waals surface area contributed by atoms with E-state index in [1.54, 1.807) is 36.4 Å². The Labute approximate surface area is 147 Å². The molecule has 0 bridgehead atoms. The standard InChI is InChI=1S/C20H22N2O3/c23-19(14-21-20(24)15-6-2-1-3-7-15)22-16-10-12-18(13-11-16)25-17-8-4-5-9-17/h1-3,6-7,10-13,17H,4-5,8-9,14H2,(H,21,24)(H,22,23). The van der Waals surface area contributed by atoms with E-state index in [9.17, 15) is 9.59 Å². The van der Waals surface area contributed by atoms with Gasteiger partial charge in [-0.3, -0.25) is 9.59 Å². The Hall–Kier alpha value is -2.82. The maximum Gasteiger partial charge on any atom is 0.251 e. The van der Waals surface area contributed by atoms with Gasteiger partial charge in [-0.25, -0.2) is 0 Å². The first-order chi connectivity index (χ1) is 12.2. The summed E-state index contributed by atoms with van der Waals surface area (Å²) < 4.78 is 5.89. The van der Waals surface area contributed by atoms with Crippen LogP contribution >= 0.6 is 0 Å². The lowest BCUT2D eigenvalue weighted by Crippen LogP contribution is -2.32. The van der Waals surface area contributed by atoms with Gasteiger partial charge in [-0.2, -0.15) is 0 Å². The Morgan fingerprint density at radius 3 is 2.32 bits per heavy atom. The summed E-state index contributed by atoms with van der Waals surface area (Å²) in [6, 6.07) is 16.1. The van der Waals surface area contributed by atoms with E-state index in [1.807, 2.05) is 18.2 Å². The number of rotatable bonds is 6. The predicted molar refractivity (Wildman–Crippen MR) is 96.7 cm³/mol. The van der Waals surface area contributed by atoms with Crippen LogP contribution in [0.3, 0.4) is 0 Å². The van der Waals surface area contributed by atoms with E-state index in [-0.39, 0.29) is 18.4 Å². The number of hydrogen-bond acceptors (Lipinski definition) is 3. The first kappa shape index (κ1) is 17.0. The molecule has 0 atom stereocenters. The molecule has 1 fully saturated rings. The minimum Gasteiger partial charge on any atom is -0.490 e. The molecule has 0 spiro atoms. The normalized spacial score (nSPS) is 14.1. The molecule has 5 nitrogen and oxygen atoms in total. The van der Waals surface area contributed by atoms with E-state index in [0.717, 1.165) is 18.6 Å². The number of anilines is 1. The summed E-state index contributed by atoms with van der Waals surface area (Å²) in [6.07, 6.45) is 4.99. The molecular formula is C20H22N2O3. The first-order valence-electron chi connectivity index (χ1n) is 8.60. The average molecular weight is 338 g/mol. The number of hydrogen-bond donors (Lipinski definition) is 2. The van der Waals surface area contributed by atoms with Gasteiger partial charge in [0.2, 0.25) is 5.91 Å². The fourth-order valence-corrected chi connectivity index (χ4v) is 2.87. The maximum atomic E-state index is 12.0. The first-order valence-corrected chi connectivity index (χ1v) is 8.60. The second kappa shape index (κ2) is 8.33. The molecule has 0 saturated heterocycles. The second-order valence-corrected chi connectivity index (χ2v) is 6.15. The lowest BCUT2D eigenvalue weighted by Gasteiger charge is -2.13. The fourth-order valence-electron chi connectivity index (χ4n) is 2.87. The minimum atomic E-state index is -0.270. The third kappa shape index (κ3) is 5.08. The van der Waals surface area contributed by atoms with E-state index in [2.05, 4.69) is 10.6 Å².